The van der Waals surface area contributed by atoms with Gasteiger partial charge in [0.15, 0.2) is 12.6 Å². The largest absolute Gasteiger partial charge is 0.472 e. The smallest absolute Gasteiger partial charge is 0.272 e. The lowest BCUT2D eigenvalue weighted by Gasteiger charge is -2.10. The second kappa shape index (κ2) is 10.9. The number of nitrogens with one attached hydrogen (secondary N) is 1. The third-order valence-electron chi connectivity index (χ3n) is 3.41. The highest BCUT2D eigenvalue weighted by Crippen LogP contribution is 2.18. The Bertz CT molecular complexity index is 726. The van der Waals surface area contributed by atoms with Crippen LogP contribution in [0.25, 0.3) is 0 Å². The molecule has 3 N–H and O–H groups in total. The number of pyridine rings is 1. The normalized spacial score (nSPS) is 11.4. The minimum atomic E-state index is -2.54. The molecule has 0 aliphatic heterocycles. The number of nitrogens with zero attached hydrogens (tertiary/aromatic N) is 2. The molecular weight excluding hydrogens is 453 g/mol. The van der Waals surface area contributed by atoms with Crippen molar-refractivity contribution < 1.29 is 13.5 Å². The van der Waals surface area contributed by atoms with Crippen LogP contribution >= 0.6 is 24.0 Å². The number of alkyl halides is 2. The summed E-state index contributed by atoms with van der Waals surface area (Å²) < 4.78 is 29.2. The molecule has 1 aromatic carbocycles. The molecule has 0 bridgehead atoms. The van der Waals surface area contributed by atoms with E-state index in [1.807, 2.05) is 18.2 Å². The number of nitrogens with two attached hydrogens (primary N) is 1. The summed E-state index contributed by atoms with van der Waals surface area (Å²) in [4.78, 5) is 8.13. The van der Waals surface area contributed by atoms with Crippen LogP contribution in [0.4, 0.5) is 14.5 Å². The first-order chi connectivity index (χ1) is 11.9. The van der Waals surface area contributed by atoms with E-state index in [0.29, 0.717) is 5.92 Å². The molecule has 1 aromatic heterocycles. The van der Waals surface area contributed by atoms with Crippen molar-refractivity contribution in [2.75, 3.05) is 11.9 Å². The average molecular weight is 476 g/mol. The number of rotatable bonds is 7. The number of anilines is 1. The summed E-state index contributed by atoms with van der Waals surface area (Å²) in [6.07, 6.45) is -1.05. The van der Waals surface area contributed by atoms with E-state index in [1.54, 1.807) is 12.1 Å². The van der Waals surface area contributed by atoms with E-state index in [0.717, 1.165) is 11.3 Å². The number of ether oxygens (including phenoxy) is 1. The van der Waals surface area contributed by atoms with Gasteiger partial charge in [-0.2, -0.15) is 0 Å². The first-order valence-corrected chi connectivity index (χ1v) is 7.97. The van der Waals surface area contributed by atoms with Crippen molar-refractivity contribution in [3.63, 3.8) is 0 Å². The Labute approximate surface area is 169 Å². The Morgan fingerprint density at radius 1 is 1.27 bits per heavy atom. The van der Waals surface area contributed by atoms with Gasteiger partial charge in [-0.25, -0.2) is 18.8 Å². The van der Waals surface area contributed by atoms with Gasteiger partial charge in [0, 0.05) is 18.0 Å². The highest BCUT2D eigenvalue weighted by molar-refractivity contribution is 14.0. The van der Waals surface area contributed by atoms with Crippen molar-refractivity contribution in [2.24, 2.45) is 10.7 Å². The molecule has 1 heterocycles. The van der Waals surface area contributed by atoms with Crippen molar-refractivity contribution in [3.8, 4) is 5.88 Å². The fourth-order valence-corrected chi connectivity index (χ4v) is 2.12. The summed E-state index contributed by atoms with van der Waals surface area (Å²) in [7, 11) is 0. The van der Waals surface area contributed by atoms with Crippen LogP contribution in [-0.4, -0.2) is 24.0 Å². The number of aliphatic imine (C=N–C) groups is 1. The SMILES string of the molecule is CC(C)c1cccc(NC(N)=NCc2ccnc(OCC(F)F)c2)c1.I. The van der Waals surface area contributed by atoms with Crippen LogP contribution in [0.1, 0.15) is 30.9 Å². The van der Waals surface area contributed by atoms with E-state index in [-0.39, 0.29) is 42.4 Å². The molecule has 0 radical (unpaired) electrons. The molecule has 0 spiro atoms. The molecule has 5 nitrogen and oxygen atoms in total. The maximum atomic E-state index is 12.2. The molecule has 26 heavy (non-hydrogen) atoms. The average Bonchev–Trinajstić information content (AvgIpc) is 2.59. The molecule has 2 aromatic rings. The second-order valence-corrected chi connectivity index (χ2v) is 5.81. The molecule has 0 aliphatic carbocycles. The summed E-state index contributed by atoms with van der Waals surface area (Å²) in [5.74, 6) is 0.834. The number of aromatic nitrogens is 1. The molecule has 142 valence electrons. The van der Waals surface area contributed by atoms with Gasteiger partial charge in [0.25, 0.3) is 6.43 Å². The van der Waals surface area contributed by atoms with Crippen LogP contribution in [-0.2, 0) is 6.54 Å². The van der Waals surface area contributed by atoms with Crippen molar-refractivity contribution in [3.05, 3.63) is 53.7 Å². The van der Waals surface area contributed by atoms with Gasteiger partial charge in [-0.3, -0.25) is 0 Å². The Kier molecular flexibility index (Phi) is 9.25. The Morgan fingerprint density at radius 3 is 2.73 bits per heavy atom. The van der Waals surface area contributed by atoms with Crippen LogP contribution in [0.3, 0.4) is 0 Å². The lowest BCUT2D eigenvalue weighted by Crippen LogP contribution is -2.22. The third kappa shape index (κ3) is 7.51. The first kappa shape index (κ1) is 22.1. The molecule has 0 amide bonds. The van der Waals surface area contributed by atoms with Crippen LogP contribution in [0.15, 0.2) is 47.6 Å². The molecule has 2 rings (SSSR count). The Balaban J connectivity index is 0.00000338. The highest BCUT2D eigenvalue weighted by atomic mass is 127. The van der Waals surface area contributed by atoms with Gasteiger partial charge >= 0.3 is 0 Å². The molecule has 0 unspecified atom stereocenters. The number of hydrogen-bond donors (Lipinski definition) is 2. The molecule has 0 atom stereocenters. The summed E-state index contributed by atoms with van der Waals surface area (Å²) in [5, 5.41) is 3.04. The minimum Gasteiger partial charge on any atom is -0.472 e. The summed E-state index contributed by atoms with van der Waals surface area (Å²) in [6.45, 7) is 3.84. The van der Waals surface area contributed by atoms with E-state index in [1.165, 1.54) is 11.8 Å². The zero-order chi connectivity index (χ0) is 18.2. The Morgan fingerprint density at radius 2 is 2.04 bits per heavy atom. The molecule has 0 saturated heterocycles. The van der Waals surface area contributed by atoms with Gasteiger partial charge in [-0.05, 0) is 35.2 Å². The first-order valence-electron chi connectivity index (χ1n) is 7.97. The summed E-state index contributed by atoms with van der Waals surface area (Å²) in [6, 6.07) is 11.2. The molecular formula is C18H23F2IN4O. The van der Waals surface area contributed by atoms with Crippen molar-refractivity contribution in [2.45, 2.75) is 32.7 Å². The number of benzene rings is 1. The van der Waals surface area contributed by atoms with Gasteiger partial charge in [0.05, 0.1) is 6.54 Å². The van der Waals surface area contributed by atoms with Crippen LogP contribution in [0.2, 0.25) is 0 Å². The van der Waals surface area contributed by atoms with E-state index in [9.17, 15) is 8.78 Å². The van der Waals surface area contributed by atoms with Crippen molar-refractivity contribution >= 4 is 35.6 Å². The molecule has 8 heteroatoms. The van der Waals surface area contributed by atoms with Gasteiger partial charge in [-0.1, -0.05) is 26.0 Å². The van der Waals surface area contributed by atoms with Gasteiger partial charge in [-0.15, -0.1) is 24.0 Å². The quantitative estimate of drug-likeness (QED) is 0.353. The standard InChI is InChI=1S/C18H22F2N4O.HI/c1-12(2)14-4-3-5-15(9-14)24-18(21)23-10-13-6-7-22-17(8-13)25-11-16(19)20;/h3-9,12,16H,10-11H2,1-2H3,(H3,21,23,24);1H. The van der Waals surface area contributed by atoms with E-state index >= 15 is 0 Å². The maximum absolute atomic E-state index is 12.2. The molecule has 0 aliphatic rings. The number of guanidine groups is 1. The van der Waals surface area contributed by atoms with Crippen LogP contribution < -0.4 is 15.8 Å². The third-order valence-corrected chi connectivity index (χ3v) is 3.41. The van der Waals surface area contributed by atoms with Gasteiger partial charge < -0.3 is 15.8 Å². The van der Waals surface area contributed by atoms with Crippen LogP contribution in [0, 0.1) is 0 Å². The lowest BCUT2D eigenvalue weighted by atomic mass is 10.0. The van der Waals surface area contributed by atoms with E-state index in [2.05, 4.69) is 35.2 Å². The summed E-state index contributed by atoms with van der Waals surface area (Å²) in [5.41, 5.74) is 8.74. The van der Waals surface area contributed by atoms with Gasteiger partial charge in [0.2, 0.25) is 5.88 Å². The van der Waals surface area contributed by atoms with E-state index in [4.69, 9.17) is 10.5 Å². The number of halogens is 3. The Hall–Kier alpha value is -1.97. The van der Waals surface area contributed by atoms with Crippen molar-refractivity contribution in [1.82, 2.24) is 4.98 Å². The molecule has 0 saturated carbocycles. The highest BCUT2D eigenvalue weighted by Gasteiger charge is 2.05. The van der Waals surface area contributed by atoms with E-state index < -0.39 is 13.0 Å². The second-order valence-electron chi connectivity index (χ2n) is 5.81. The predicted molar refractivity (Wildman–Crippen MR) is 111 cm³/mol. The fourth-order valence-electron chi connectivity index (χ4n) is 2.12. The van der Waals surface area contributed by atoms with Gasteiger partial charge in [0.1, 0.15) is 0 Å². The summed E-state index contributed by atoms with van der Waals surface area (Å²) >= 11 is 0. The monoisotopic (exact) mass is 476 g/mol. The number of hydrogen-bond acceptors (Lipinski definition) is 3. The fraction of sp³-hybridized carbons (Fsp3) is 0.333. The maximum Gasteiger partial charge on any atom is 0.272 e. The topological polar surface area (TPSA) is 72.5 Å². The van der Waals surface area contributed by atoms with Crippen LogP contribution in [0.5, 0.6) is 5.88 Å². The zero-order valence-corrected chi connectivity index (χ0v) is 17.0. The van der Waals surface area contributed by atoms with Crippen molar-refractivity contribution in [1.29, 1.82) is 0 Å². The lowest BCUT2D eigenvalue weighted by molar-refractivity contribution is 0.0795. The minimum absolute atomic E-state index is 0. The zero-order valence-electron chi connectivity index (χ0n) is 14.7. The molecule has 0 fully saturated rings. The predicted octanol–water partition coefficient (Wildman–Crippen LogP) is 4.39.